The minimum atomic E-state index is -0.468. The summed E-state index contributed by atoms with van der Waals surface area (Å²) in [5.41, 5.74) is 6.66. The second-order valence-corrected chi connectivity index (χ2v) is 5.44. The van der Waals surface area contributed by atoms with Gasteiger partial charge in [0, 0.05) is 25.4 Å². The van der Waals surface area contributed by atoms with Gasteiger partial charge in [-0.3, -0.25) is 4.79 Å². The highest BCUT2D eigenvalue weighted by Crippen LogP contribution is 2.19. The molecule has 1 rings (SSSR count). The number of ether oxygens (including phenoxy) is 1. The van der Waals surface area contributed by atoms with Crippen LogP contribution in [0.15, 0.2) is 24.3 Å². The molecule has 104 valence electrons. The Kier molecular flexibility index (Phi) is 5.03. The number of hydrogen-bond acceptors (Lipinski definition) is 3. The third-order valence-corrected chi connectivity index (χ3v) is 3.28. The minimum absolute atomic E-state index is 0.00470. The molecule has 1 amide bonds. The second kappa shape index (κ2) is 6.12. The zero-order valence-electron chi connectivity index (χ0n) is 11.8. The zero-order valence-corrected chi connectivity index (χ0v) is 12.6. The molecule has 5 heteroatoms. The van der Waals surface area contributed by atoms with Crippen molar-refractivity contribution in [1.82, 2.24) is 0 Å². The molecular weight excluding hydrogens is 260 g/mol. The molecule has 0 radical (unpaired) electrons. The molecule has 0 spiro atoms. The Hall–Kier alpha value is -1.46. The standard InChI is InChI=1S/C14H20N2O2S/c1-14(2,18-4)9-12(17)16(3)11-7-5-10(6-8-11)13(15)19/h5-8H,9H2,1-4H3,(H2,15,19). The molecular formula is C14H20N2O2S. The van der Waals surface area contributed by atoms with Gasteiger partial charge < -0.3 is 15.4 Å². The van der Waals surface area contributed by atoms with Crippen molar-refractivity contribution in [2.75, 3.05) is 19.1 Å². The van der Waals surface area contributed by atoms with Crippen LogP contribution in [-0.2, 0) is 9.53 Å². The highest BCUT2D eigenvalue weighted by atomic mass is 32.1. The Morgan fingerprint density at radius 3 is 2.32 bits per heavy atom. The van der Waals surface area contributed by atoms with Gasteiger partial charge in [0.15, 0.2) is 0 Å². The number of benzene rings is 1. The summed E-state index contributed by atoms with van der Waals surface area (Å²) in [6.07, 6.45) is 0.317. The number of carbonyl (C=O) groups excluding carboxylic acids is 1. The summed E-state index contributed by atoms with van der Waals surface area (Å²) < 4.78 is 5.26. The monoisotopic (exact) mass is 280 g/mol. The molecule has 0 unspecified atom stereocenters. The van der Waals surface area contributed by atoms with Crippen molar-refractivity contribution in [3.63, 3.8) is 0 Å². The number of rotatable bonds is 5. The van der Waals surface area contributed by atoms with Gasteiger partial charge in [0.1, 0.15) is 4.99 Å². The normalized spacial score (nSPS) is 11.2. The number of nitrogens with zero attached hydrogens (tertiary/aromatic N) is 1. The lowest BCUT2D eigenvalue weighted by Gasteiger charge is -2.25. The number of hydrogen-bond donors (Lipinski definition) is 1. The molecule has 0 saturated heterocycles. The first kappa shape index (κ1) is 15.6. The molecule has 0 heterocycles. The summed E-state index contributed by atoms with van der Waals surface area (Å²) in [4.78, 5) is 14.1. The maximum atomic E-state index is 12.1. The molecule has 0 aliphatic heterocycles. The summed E-state index contributed by atoms with van der Waals surface area (Å²) in [5, 5.41) is 0. The predicted molar refractivity (Wildman–Crippen MR) is 81.4 cm³/mol. The average Bonchev–Trinajstić information content (AvgIpc) is 2.37. The zero-order chi connectivity index (χ0) is 14.6. The van der Waals surface area contributed by atoms with Gasteiger partial charge in [-0.05, 0) is 38.1 Å². The van der Waals surface area contributed by atoms with Gasteiger partial charge in [-0.25, -0.2) is 0 Å². The molecule has 1 aromatic carbocycles. The first-order valence-corrected chi connectivity index (χ1v) is 6.39. The fourth-order valence-electron chi connectivity index (χ4n) is 1.55. The van der Waals surface area contributed by atoms with Crippen LogP contribution in [0.25, 0.3) is 0 Å². The molecule has 4 nitrogen and oxygen atoms in total. The smallest absolute Gasteiger partial charge is 0.229 e. The predicted octanol–water partition coefficient (Wildman–Crippen LogP) is 2.10. The molecule has 0 aliphatic rings. The molecule has 0 saturated carbocycles. The summed E-state index contributed by atoms with van der Waals surface area (Å²) >= 11 is 4.89. The van der Waals surface area contributed by atoms with Crippen LogP contribution in [0.1, 0.15) is 25.8 Å². The lowest BCUT2D eigenvalue weighted by atomic mass is 10.0. The molecule has 0 aliphatic carbocycles. The topological polar surface area (TPSA) is 55.6 Å². The van der Waals surface area contributed by atoms with E-state index in [-0.39, 0.29) is 5.91 Å². The van der Waals surface area contributed by atoms with E-state index >= 15 is 0 Å². The second-order valence-electron chi connectivity index (χ2n) is 5.00. The maximum Gasteiger partial charge on any atom is 0.229 e. The summed E-state index contributed by atoms with van der Waals surface area (Å²) in [5.74, 6) is -0.00470. The summed E-state index contributed by atoms with van der Waals surface area (Å²) in [7, 11) is 3.34. The van der Waals surface area contributed by atoms with Crippen LogP contribution in [0.5, 0.6) is 0 Å². The van der Waals surface area contributed by atoms with Gasteiger partial charge >= 0.3 is 0 Å². The van der Waals surface area contributed by atoms with Crippen molar-refractivity contribution in [2.45, 2.75) is 25.9 Å². The first-order chi connectivity index (χ1) is 8.76. The summed E-state index contributed by atoms with van der Waals surface area (Å²) in [6, 6.07) is 7.27. The van der Waals surface area contributed by atoms with Crippen molar-refractivity contribution in [3.8, 4) is 0 Å². The third-order valence-electron chi connectivity index (χ3n) is 3.04. The van der Waals surface area contributed by atoms with Crippen LogP contribution >= 0.6 is 12.2 Å². The van der Waals surface area contributed by atoms with Crippen LogP contribution in [0.2, 0.25) is 0 Å². The van der Waals surface area contributed by atoms with Gasteiger partial charge in [0.2, 0.25) is 5.91 Å². The van der Waals surface area contributed by atoms with E-state index in [1.807, 2.05) is 38.1 Å². The molecule has 0 atom stereocenters. The number of anilines is 1. The first-order valence-electron chi connectivity index (χ1n) is 5.98. The van der Waals surface area contributed by atoms with Crippen LogP contribution < -0.4 is 10.6 Å². The third kappa shape index (κ3) is 4.29. The van der Waals surface area contributed by atoms with Crippen LogP contribution in [0.3, 0.4) is 0 Å². The van der Waals surface area contributed by atoms with Gasteiger partial charge in [-0.15, -0.1) is 0 Å². The van der Waals surface area contributed by atoms with Crippen LogP contribution in [0.4, 0.5) is 5.69 Å². The van der Waals surface area contributed by atoms with E-state index in [2.05, 4.69) is 0 Å². The van der Waals surface area contributed by atoms with Crippen molar-refractivity contribution < 1.29 is 9.53 Å². The lowest BCUT2D eigenvalue weighted by molar-refractivity contribution is -0.123. The van der Waals surface area contributed by atoms with Gasteiger partial charge in [-0.2, -0.15) is 0 Å². The Balaban J connectivity index is 2.80. The highest BCUT2D eigenvalue weighted by Gasteiger charge is 2.23. The van der Waals surface area contributed by atoms with Gasteiger partial charge in [0.05, 0.1) is 12.0 Å². The van der Waals surface area contributed by atoms with Crippen molar-refractivity contribution in [3.05, 3.63) is 29.8 Å². The SMILES string of the molecule is COC(C)(C)CC(=O)N(C)c1ccc(C(N)=S)cc1. The Morgan fingerprint density at radius 1 is 1.37 bits per heavy atom. The number of nitrogens with two attached hydrogens (primary N) is 1. The minimum Gasteiger partial charge on any atom is -0.389 e. The molecule has 0 fully saturated rings. The molecule has 1 aromatic rings. The Morgan fingerprint density at radius 2 is 1.89 bits per heavy atom. The van der Waals surface area contributed by atoms with Crippen LogP contribution in [-0.4, -0.2) is 30.7 Å². The van der Waals surface area contributed by atoms with E-state index in [1.54, 1.807) is 19.1 Å². The fraction of sp³-hybridized carbons (Fsp3) is 0.429. The number of amides is 1. The summed E-state index contributed by atoms with van der Waals surface area (Å²) in [6.45, 7) is 3.77. The average molecular weight is 280 g/mol. The Labute approximate surface area is 119 Å². The lowest BCUT2D eigenvalue weighted by Crippen LogP contribution is -2.35. The van der Waals surface area contributed by atoms with Crippen molar-refractivity contribution >= 4 is 28.8 Å². The van der Waals surface area contributed by atoms with Crippen LogP contribution in [0, 0.1) is 0 Å². The van der Waals surface area contributed by atoms with Gasteiger partial charge in [0.25, 0.3) is 0 Å². The van der Waals surface area contributed by atoms with Crippen molar-refractivity contribution in [1.29, 1.82) is 0 Å². The number of methoxy groups -OCH3 is 1. The van der Waals surface area contributed by atoms with Gasteiger partial charge in [-0.1, -0.05) is 12.2 Å². The number of carbonyl (C=O) groups is 1. The molecule has 19 heavy (non-hydrogen) atoms. The van der Waals surface area contributed by atoms with E-state index in [0.29, 0.717) is 11.4 Å². The van der Waals surface area contributed by atoms with E-state index in [9.17, 15) is 4.79 Å². The van der Waals surface area contributed by atoms with E-state index < -0.39 is 5.60 Å². The molecule has 0 aromatic heterocycles. The van der Waals surface area contributed by atoms with E-state index in [1.165, 1.54) is 0 Å². The maximum absolute atomic E-state index is 12.1. The number of thiocarbonyl (C=S) groups is 1. The fourth-order valence-corrected chi connectivity index (χ4v) is 1.68. The van der Waals surface area contributed by atoms with Crippen molar-refractivity contribution in [2.24, 2.45) is 5.73 Å². The quantitative estimate of drug-likeness (QED) is 0.839. The van der Waals surface area contributed by atoms with E-state index in [4.69, 9.17) is 22.7 Å². The largest absolute Gasteiger partial charge is 0.389 e. The molecule has 0 bridgehead atoms. The molecule has 2 N–H and O–H groups in total. The Bertz CT molecular complexity index is 469. The highest BCUT2D eigenvalue weighted by molar-refractivity contribution is 7.80. The van der Waals surface area contributed by atoms with E-state index in [0.717, 1.165) is 11.3 Å².